The molecule has 0 atom stereocenters. The topological polar surface area (TPSA) is 51.2 Å². The van der Waals surface area contributed by atoms with Gasteiger partial charge in [-0.3, -0.25) is 0 Å². The molecule has 2 aromatic heterocycles. The summed E-state index contributed by atoms with van der Waals surface area (Å²) in [5, 5.41) is 14.1. The first-order valence-electron chi connectivity index (χ1n) is 5.45. The third-order valence-electron chi connectivity index (χ3n) is 2.86. The van der Waals surface area contributed by atoms with Crippen LogP contribution in [0, 0.1) is 0 Å². The summed E-state index contributed by atoms with van der Waals surface area (Å²) in [6, 6.07) is 9.84. The molecule has 4 nitrogen and oxygen atoms in total. The van der Waals surface area contributed by atoms with E-state index in [0.29, 0.717) is 6.54 Å². The van der Waals surface area contributed by atoms with E-state index in [9.17, 15) is 5.11 Å². The minimum absolute atomic E-state index is 0.0456. The van der Waals surface area contributed by atoms with Gasteiger partial charge in [-0.05, 0) is 6.07 Å². The van der Waals surface area contributed by atoms with Crippen LogP contribution in [0.15, 0.2) is 47.2 Å². The lowest BCUT2D eigenvalue weighted by Crippen LogP contribution is -1.96. The van der Waals surface area contributed by atoms with Crippen LogP contribution < -0.4 is 0 Å². The van der Waals surface area contributed by atoms with Crippen molar-refractivity contribution in [1.82, 2.24) is 9.72 Å². The second-order valence-electron chi connectivity index (χ2n) is 3.94. The summed E-state index contributed by atoms with van der Waals surface area (Å²) in [4.78, 5) is 0. The molecule has 4 heteroatoms. The van der Waals surface area contributed by atoms with Crippen LogP contribution in [-0.2, 0) is 13.2 Å². The van der Waals surface area contributed by atoms with Gasteiger partial charge in [0.15, 0.2) is 5.76 Å². The smallest absolute Gasteiger partial charge is 0.156 e. The second-order valence-corrected chi connectivity index (χ2v) is 3.94. The highest BCUT2D eigenvalue weighted by atomic mass is 16.5. The molecule has 2 heterocycles. The molecule has 0 saturated heterocycles. The lowest BCUT2D eigenvalue weighted by molar-refractivity contribution is 0.283. The fraction of sp³-hybridized carbons (Fsp3) is 0.154. The Labute approximate surface area is 98.1 Å². The number of aromatic nitrogens is 2. The molecule has 0 unspecified atom stereocenters. The van der Waals surface area contributed by atoms with Crippen molar-refractivity contribution >= 4 is 10.9 Å². The average molecular weight is 228 g/mol. The zero-order valence-corrected chi connectivity index (χ0v) is 9.21. The third kappa shape index (κ3) is 1.72. The molecular formula is C13H12N2O2. The number of para-hydroxylation sites is 1. The highest BCUT2D eigenvalue weighted by Crippen LogP contribution is 2.22. The second kappa shape index (κ2) is 4.07. The summed E-state index contributed by atoms with van der Waals surface area (Å²) >= 11 is 0. The van der Waals surface area contributed by atoms with Crippen molar-refractivity contribution in [2.75, 3.05) is 0 Å². The number of nitrogens with zero attached hydrogens (tertiary/aromatic N) is 2. The SMILES string of the molecule is OCc1cn(Cc2ccno2)c2ccccc12. The number of aliphatic hydroxyl groups excluding tert-OH is 1. The summed E-state index contributed by atoms with van der Waals surface area (Å²) in [7, 11) is 0. The Kier molecular flexibility index (Phi) is 2.42. The molecule has 86 valence electrons. The Morgan fingerprint density at radius 1 is 1.24 bits per heavy atom. The predicted octanol–water partition coefficient (Wildman–Crippen LogP) is 2.17. The molecule has 1 N–H and O–H groups in total. The minimum Gasteiger partial charge on any atom is -0.392 e. The third-order valence-corrected chi connectivity index (χ3v) is 2.86. The lowest BCUT2D eigenvalue weighted by Gasteiger charge is -2.01. The summed E-state index contributed by atoms with van der Waals surface area (Å²) in [6.07, 6.45) is 3.58. The van der Waals surface area contributed by atoms with Crippen molar-refractivity contribution < 1.29 is 9.63 Å². The zero-order chi connectivity index (χ0) is 11.7. The number of rotatable bonds is 3. The van der Waals surface area contributed by atoms with Crippen LogP contribution >= 0.6 is 0 Å². The van der Waals surface area contributed by atoms with Crippen molar-refractivity contribution in [3.8, 4) is 0 Å². The largest absolute Gasteiger partial charge is 0.392 e. The Morgan fingerprint density at radius 2 is 2.12 bits per heavy atom. The van der Waals surface area contributed by atoms with Gasteiger partial charge in [0.25, 0.3) is 0 Å². The van der Waals surface area contributed by atoms with Crippen molar-refractivity contribution in [2.45, 2.75) is 13.2 Å². The van der Waals surface area contributed by atoms with Crippen molar-refractivity contribution in [1.29, 1.82) is 0 Å². The van der Waals surface area contributed by atoms with E-state index in [2.05, 4.69) is 9.72 Å². The van der Waals surface area contributed by atoms with Gasteiger partial charge in [-0.1, -0.05) is 23.4 Å². The molecule has 0 aliphatic heterocycles. The van der Waals surface area contributed by atoms with Crippen LogP contribution in [0.3, 0.4) is 0 Å². The van der Waals surface area contributed by atoms with Gasteiger partial charge in [0.2, 0.25) is 0 Å². The van der Waals surface area contributed by atoms with Crippen LogP contribution in [0.2, 0.25) is 0 Å². The summed E-state index contributed by atoms with van der Waals surface area (Å²) < 4.78 is 7.15. The van der Waals surface area contributed by atoms with Gasteiger partial charge < -0.3 is 14.2 Å². The minimum atomic E-state index is 0.0456. The number of fused-ring (bicyclic) bond motifs is 1. The maximum atomic E-state index is 9.33. The molecular weight excluding hydrogens is 216 g/mol. The molecule has 3 rings (SSSR count). The Morgan fingerprint density at radius 3 is 2.88 bits per heavy atom. The van der Waals surface area contributed by atoms with Gasteiger partial charge in [-0.2, -0.15) is 0 Å². The molecule has 0 amide bonds. The van der Waals surface area contributed by atoms with Crippen molar-refractivity contribution in [2.24, 2.45) is 0 Å². The van der Waals surface area contributed by atoms with Gasteiger partial charge in [0.1, 0.15) is 0 Å². The Bertz CT molecular complexity index is 626. The highest BCUT2D eigenvalue weighted by Gasteiger charge is 2.08. The van der Waals surface area contributed by atoms with Gasteiger partial charge in [0.05, 0.1) is 19.3 Å². The van der Waals surface area contributed by atoms with E-state index in [0.717, 1.165) is 22.2 Å². The molecule has 0 fully saturated rings. The van der Waals surface area contributed by atoms with E-state index in [1.807, 2.05) is 36.5 Å². The Hall–Kier alpha value is -2.07. The quantitative estimate of drug-likeness (QED) is 0.747. The molecule has 0 aliphatic rings. The van der Waals surface area contributed by atoms with E-state index in [-0.39, 0.29) is 6.61 Å². The van der Waals surface area contributed by atoms with Crippen molar-refractivity contribution in [3.63, 3.8) is 0 Å². The molecule has 0 bridgehead atoms. The average Bonchev–Trinajstić information content (AvgIpc) is 2.98. The fourth-order valence-corrected chi connectivity index (χ4v) is 2.07. The maximum Gasteiger partial charge on any atom is 0.156 e. The molecule has 0 spiro atoms. The number of hydrogen-bond acceptors (Lipinski definition) is 3. The molecule has 1 aromatic carbocycles. The van der Waals surface area contributed by atoms with Gasteiger partial charge in [-0.15, -0.1) is 0 Å². The van der Waals surface area contributed by atoms with Gasteiger partial charge in [0, 0.05) is 28.7 Å². The number of benzene rings is 1. The molecule has 0 radical (unpaired) electrons. The Balaban J connectivity index is 2.10. The van der Waals surface area contributed by atoms with Crippen LogP contribution in [0.1, 0.15) is 11.3 Å². The normalized spacial score (nSPS) is 11.1. The van der Waals surface area contributed by atoms with Crippen LogP contribution in [0.25, 0.3) is 10.9 Å². The molecule has 3 aromatic rings. The van der Waals surface area contributed by atoms with Crippen LogP contribution in [0.4, 0.5) is 0 Å². The van der Waals surface area contributed by atoms with Gasteiger partial charge >= 0.3 is 0 Å². The van der Waals surface area contributed by atoms with E-state index in [1.165, 1.54) is 0 Å². The van der Waals surface area contributed by atoms with E-state index >= 15 is 0 Å². The summed E-state index contributed by atoms with van der Waals surface area (Å²) in [6.45, 7) is 0.671. The first-order valence-corrected chi connectivity index (χ1v) is 5.45. The number of hydrogen-bond donors (Lipinski definition) is 1. The maximum absolute atomic E-state index is 9.33. The van der Waals surface area contributed by atoms with E-state index < -0.39 is 0 Å². The fourth-order valence-electron chi connectivity index (χ4n) is 2.07. The summed E-state index contributed by atoms with van der Waals surface area (Å²) in [5.41, 5.74) is 2.02. The molecule has 0 aliphatic carbocycles. The first-order chi connectivity index (χ1) is 8.38. The monoisotopic (exact) mass is 228 g/mol. The number of aliphatic hydroxyl groups is 1. The predicted molar refractivity (Wildman–Crippen MR) is 63.5 cm³/mol. The van der Waals surface area contributed by atoms with E-state index in [4.69, 9.17) is 4.52 Å². The van der Waals surface area contributed by atoms with Crippen LogP contribution in [0.5, 0.6) is 0 Å². The lowest BCUT2D eigenvalue weighted by atomic mass is 10.2. The molecule has 0 saturated carbocycles. The highest BCUT2D eigenvalue weighted by molar-refractivity contribution is 5.83. The van der Waals surface area contributed by atoms with Gasteiger partial charge in [-0.25, -0.2) is 0 Å². The zero-order valence-electron chi connectivity index (χ0n) is 9.21. The van der Waals surface area contributed by atoms with Crippen molar-refractivity contribution in [3.05, 3.63) is 54.0 Å². The van der Waals surface area contributed by atoms with E-state index in [1.54, 1.807) is 6.20 Å². The molecule has 17 heavy (non-hydrogen) atoms. The first kappa shape index (κ1) is 10.1. The standard InChI is InChI=1S/C13H12N2O2/c16-9-10-7-15(8-11-5-6-14-17-11)13-4-2-1-3-12(10)13/h1-7,16H,8-9H2. The van der Waals surface area contributed by atoms with Crippen LogP contribution in [-0.4, -0.2) is 14.8 Å². The summed E-state index contributed by atoms with van der Waals surface area (Å²) in [5.74, 6) is 0.801.